The van der Waals surface area contributed by atoms with E-state index < -0.39 is 10.0 Å². The van der Waals surface area contributed by atoms with Crippen molar-refractivity contribution < 1.29 is 8.42 Å². The Bertz CT molecular complexity index is 470. The van der Waals surface area contributed by atoms with Gasteiger partial charge in [-0.05, 0) is 40.2 Å². The minimum Gasteiger partial charge on any atom is -0.207 e. The van der Waals surface area contributed by atoms with Crippen molar-refractivity contribution in [1.82, 2.24) is 4.72 Å². The standard InChI is InChI=1S/C9H10BrNO2S2/c10-8-5-6-14-9(8)15(12,13)11-7-3-1-2-4-7/h1-2,5-7,11H,3-4H2. The van der Waals surface area contributed by atoms with E-state index in [1.54, 1.807) is 11.4 Å². The van der Waals surface area contributed by atoms with Gasteiger partial charge in [0.15, 0.2) is 0 Å². The lowest BCUT2D eigenvalue weighted by atomic mass is 10.3. The second-order valence-electron chi connectivity index (χ2n) is 3.32. The zero-order valence-corrected chi connectivity index (χ0v) is 11.0. The van der Waals surface area contributed by atoms with Gasteiger partial charge in [0.1, 0.15) is 4.21 Å². The van der Waals surface area contributed by atoms with Crippen molar-refractivity contribution in [1.29, 1.82) is 0 Å². The van der Waals surface area contributed by atoms with E-state index >= 15 is 0 Å². The third kappa shape index (κ3) is 2.50. The fraction of sp³-hybridized carbons (Fsp3) is 0.333. The van der Waals surface area contributed by atoms with Crippen LogP contribution in [0, 0.1) is 0 Å². The van der Waals surface area contributed by atoms with E-state index in [1.165, 1.54) is 11.3 Å². The van der Waals surface area contributed by atoms with Gasteiger partial charge in [0.05, 0.1) is 0 Å². The lowest BCUT2D eigenvalue weighted by molar-refractivity contribution is 0.559. The summed E-state index contributed by atoms with van der Waals surface area (Å²) >= 11 is 4.45. The van der Waals surface area contributed by atoms with E-state index in [4.69, 9.17) is 0 Å². The van der Waals surface area contributed by atoms with Gasteiger partial charge in [0.25, 0.3) is 10.0 Å². The first-order chi connectivity index (χ1) is 7.09. The van der Waals surface area contributed by atoms with Gasteiger partial charge in [-0.2, -0.15) is 0 Å². The average molecular weight is 308 g/mol. The second-order valence-corrected chi connectivity index (χ2v) is 7.00. The van der Waals surface area contributed by atoms with Gasteiger partial charge in [-0.25, -0.2) is 13.1 Å². The van der Waals surface area contributed by atoms with E-state index in [0.717, 1.165) is 12.8 Å². The predicted molar refractivity (Wildman–Crippen MR) is 64.5 cm³/mol. The van der Waals surface area contributed by atoms with E-state index in [2.05, 4.69) is 20.7 Å². The molecule has 0 amide bonds. The molecule has 0 aliphatic heterocycles. The van der Waals surface area contributed by atoms with Gasteiger partial charge in [0.2, 0.25) is 0 Å². The van der Waals surface area contributed by atoms with Crippen LogP contribution in [0.25, 0.3) is 0 Å². The molecule has 0 saturated heterocycles. The highest BCUT2D eigenvalue weighted by atomic mass is 79.9. The van der Waals surface area contributed by atoms with Crippen LogP contribution >= 0.6 is 27.3 Å². The molecule has 0 unspecified atom stereocenters. The zero-order valence-electron chi connectivity index (χ0n) is 7.81. The van der Waals surface area contributed by atoms with Crippen LogP contribution in [-0.4, -0.2) is 14.5 Å². The first kappa shape index (κ1) is 11.3. The number of sulfonamides is 1. The molecule has 1 aromatic rings. The van der Waals surface area contributed by atoms with E-state index in [1.807, 2.05) is 12.2 Å². The molecule has 0 aromatic carbocycles. The molecule has 6 heteroatoms. The molecule has 0 bridgehead atoms. The topological polar surface area (TPSA) is 46.2 Å². The maximum atomic E-state index is 11.9. The van der Waals surface area contributed by atoms with Crippen molar-refractivity contribution in [3.63, 3.8) is 0 Å². The zero-order chi connectivity index (χ0) is 10.9. The van der Waals surface area contributed by atoms with Crippen molar-refractivity contribution in [2.24, 2.45) is 0 Å². The summed E-state index contributed by atoms with van der Waals surface area (Å²) < 4.78 is 27.5. The largest absolute Gasteiger partial charge is 0.251 e. The van der Waals surface area contributed by atoms with Crippen molar-refractivity contribution >= 4 is 37.3 Å². The number of hydrogen-bond donors (Lipinski definition) is 1. The van der Waals surface area contributed by atoms with Gasteiger partial charge in [-0.1, -0.05) is 12.2 Å². The fourth-order valence-electron chi connectivity index (χ4n) is 1.46. The summed E-state index contributed by atoms with van der Waals surface area (Å²) in [6.07, 6.45) is 5.55. The number of thiophene rings is 1. The molecule has 1 N–H and O–H groups in total. The maximum Gasteiger partial charge on any atom is 0.251 e. The number of rotatable bonds is 3. The maximum absolute atomic E-state index is 11.9. The monoisotopic (exact) mass is 307 g/mol. The van der Waals surface area contributed by atoms with E-state index in [-0.39, 0.29) is 6.04 Å². The van der Waals surface area contributed by atoms with Gasteiger partial charge >= 0.3 is 0 Å². The van der Waals surface area contributed by atoms with Crippen LogP contribution in [0.5, 0.6) is 0 Å². The molecule has 0 atom stereocenters. The molecule has 15 heavy (non-hydrogen) atoms. The molecule has 82 valence electrons. The van der Waals surface area contributed by atoms with Crippen LogP contribution in [0.4, 0.5) is 0 Å². The molecule has 0 radical (unpaired) electrons. The Morgan fingerprint density at radius 1 is 1.40 bits per heavy atom. The lowest BCUT2D eigenvalue weighted by Gasteiger charge is -2.11. The normalized spacial score (nSPS) is 17.4. The molecule has 1 aliphatic carbocycles. The number of hydrogen-bond acceptors (Lipinski definition) is 3. The SMILES string of the molecule is O=S(=O)(NC1CC=CC1)c1sccc1Br. The third-order valence-electron chi connectivity index (χ3n) is 2.16. The van der Waals surface area contributed by atoms with Crippen LogP contribution < -0.4 is 4.72 Å². The van der Waals surface area contributed by atoms with E-state index in [9.17, 15) is 8.42 Å². The smallest absolute Gasteiger partial charge is 0.207 e. The molecular weight excluding hydrogens is 298 g/mol. The molecule has 0 spiro atoms. The highest BCUT2D eigenvalue weighted by Gasteiger charge is 2.23. The molecule has 0 fully saturated rings. The van der Waals surface area contributed by atoms with Gasteiger partial charge in [-0.3, -0.25) is 0 Å². The Morgan fingerprint density at radius 2 is 2.07 bits per heavy atom. The first-order valence-electron chi connectivity index (χ1n) is 4.50. The molecule has 1 aromatic heterocycles. The number of nitrogens with one attached hydrogen (secondary N) is 1. The molecular formula is C9H10BrNO2S2. The third-order valence-corrected chi connectivity index (χ3v) is 6.35. The molecule has 1 aliphatic rings. The summed E-state index contributed by atoms with van der Waals surface area (Å²) in [4.78, 5) is 0. The summed E-state index contributed by atoms with van der Waals surface area (Å²) in [5.41, 5.74) is 0. The average Bonchev–Trinajstić information content (AvgIpc) is 2.75. The summed E-state index contributed by atoms with van der Waals surface area (Å²) in [5, 5.41) is 1.76. The fourth-order valence-corrected chi connectivity index (χ4v) is 5.07. The summed E-state index contributed by atoms with van der Waals surface area (Å²) in [5.74, 6) is 0. The predicted octanol–water partition coefficient (Wildman–Crippen LogP) is 2.51. The molecule has 3 nitrogen and oxygen atoms in total. The Kier molecular flexibility index (Phi) is 3.30. The van der Waals surface area contributed by atoms with Crippen molar-refractivity contribution in [3.05, 3.63) is 28.1 Å². The summed E-state index contributed by atoms with van der Waals surface area (Å²) in [6.45, 7) is 0. The van der Waals surface area contributed by atoms with Crippen LogP contribution in [0.15, 0.2) is 32.3 Å². The molecule has 0 saturated carbocycles. The quantitative estimate of drug-likeness (QED) is 0.872. The Labute approximate surface area is 101 Å². The van der Waals surface area contributed by atoms with Gasteiger partial charge < -0.3 is 0 Å². The van der Waals surface area contributed by atoms with Gasteiger partial charge in [-0.15, -0.1) is 11.3 Å². The summed E-state index contributed by atoms with van der Waals surface area (Å²) in [6, 6.07) is 1.76. The van der Waals surface area contributed by atoms with Gasteiger partial charge in [0, 0.05) is 10.5 Å². The lowest BCUT2D eigenvalue weighted by Crippen LogP contribution is -2.32. The van der Waals surface area contributed by atoms with Crippen LogP contribution in [0.2, 0.25) is 0 Å². The van der Waals surface area contributed by atoms with Crippen molar-refractivity contribution in [3.8, 4) is 0 Å². The molecule has 1 heterocycles. The van der Waals surface area contributed by atoms with Crippen molar-refractivity contribution in [2.75, 3.05) is 0 Å². The minimum atomic E-state index is -3.35. The minimum absolute atomic E-state index is 0.0176. The number of halogens is 1. The van der Waals surface area contributed by atoms with Crippen LogP contribution in [0.3, 0.4) is 0 Å². The van der Waals surface area contributed by atoms with Crippen molar-refractivity contribution in [2.45, 2.75) is 23.1 Å². The first-order valence-corrected chi connectivity index (χ1v) is 7.65. The molecule has 2 rings (SSSR count). The summed E-state index contributed by atoms with van der Waals surface area (Å²) in [7, 11) is -3.35. The van der Waals surface area contributed by atoms with Crippen LogP contribution in [-0.2, 0) is 10.0 Å². The Balaban J connectivity index is 2.17. The van der Waals surface area contributed by atoms with E-state index in [0.29, 0.717) is 8.68 Å². The Hall–Kier alpha value is -0.170. The van der Waals surface area contributed by atoms with Crippen LogP contribution in [0.1, 0.15) is 12.8 Å². The second kappa shape index (κ2) is 4.37. The highest BCUT2D eigenvalue weighted by Crippen LogP contribution is 2.28. The highest BCUT2D eigenvalue weighted by molar-refractivity contribution is 9.10. The Morgan fingerprint density at radius 3 is 2.60 bits per heavy atom.